The lowest BCUT2D eigenvalue weighted by atomic mass is 9.95. The summed E-state index contributed by atoms with van der Waals surface area (Å²) in [5.74, 6) is 1.58. The minimum Gasteiger partial charge on any atom is -0.493 e. The summed E-state index contributed by atoms with van der Waals surface area (Å²) in [6.07, 6.45) is 1.70. The molecule has 40 heavy (non-hydrogen) atoms. The van der Waals surface area contributed by atoms with Crippen LogP contribution in [-0.2, 0) is 9.53 Å². The molecule has 0 saturated heterocycles. The first-order valence-corrected chi connectivity index (χ1v) is 14.2. The lowest BCUT2D eigenvalue weighted by molar-refractivity contribution is -0.139. The Morgan fingerprint density at radius 2 is 1.82 bits per heavy atom. The van der Waals surface area contributed by atoms with Gasteiger partial charge in [0.25, 0.3) is 5.56 Å². The van der Waals surface area contributed by atoms with E-state index in [-0.39, 0.29) is 23.8 Å². The average molecular weight is 632 g/mol. The Morgan fingerprint density at radius 3 is 2.45 bits per heavy atom. The van der Waals surface area contributed by atoms with Gasteiger partial charge in [0.2, 0.25) is 0 Å². The number of esters is 1. The fourth-order valence-electron chi connectivity index (χ4n) is 4.49. The van der Waals surface area contributed by atoms with Crippen molar-refractivity contribution >= 4 is 39.3 Å². The number of benzene rings is 2. The molecule has 1 aliphatic heterocycles. The number of fused-ring (bicyclic) bond motifs is 1. The van der Waals surface area contributed by atoms with Crippen molar-refractivity contribution in [3.05, 3.63) is 76.9 Å². The second-order valence-corrected chi connectivity index (χ2v) is 11.0. The Kier molecular flexibility index (Phi) is 9.05. The summed E-state index contributed by atoms with van der Waals surface area (Å²) in [4.78, 5) is 32.3. The first-order chi connectivity index (χ1) is 19.1. The van der Waals surface area contributed by atoms with E-state index in [1.165, 1.54) is 15.9 Å². The summed E-state index contributed by atoms with van der Waals surface area (Å²) in [5, 5.41) is 0. The summed E-state index contributed by atoms with van der Waals surface area (Å²) < 4.78 is 30.4. The highest BCUT2D eigenvalue weighted by Crippen LogP contribution is 2.38. The second kappa shape index (κ2) is 12.3. The molecule has 2 aromatic carbocycles. The summed E-state index contributed by atoms with van der Waals surface area (Å²) in [6, 6.07) is 8.23. The molecule has 9 nitrogen and oxygen atoms in total. The van der Waals surface area contributed by atoms with Crippen LogP contribution in [-0.4, -0.2) is 44.6 Å². The lowest BCUT2D eigenvalue weighted by Crippen LogP contribution is -2.40. The number of allylic oxidation sites excluding steroid dienone is 1. The minimum absolute atomic E-state index is 0.0636. The number of methoxy groups -OCH3 is 3. The third-order valence-electron chi connectivity index (χ3n) is 6.14. The van der Waals surface area contributed by atoms with Crippen LogP contribution in [0, 0.1) is 0 Å². The first-order valence-electron chi connectivity index (χ1n) is 12.6. The Balaban J connectivity index is 1.95. The molecule has 0 bridgehead atoms. The van der Waals surface area contributed by atoms with Gasteiger partial charge in [-0.3, -0.25) is 9.36 Å². The molecule has 0 unspecified atom stereocenters. The normalized spacial score (nSPS) is 15.0. The molecule has 0 N–H and O–H groups in total. The van der Waals surface area contributed by atoms with Crippen molar-refractivity contribution in [2.45, 2.75) is 39.8 Å². The number of carbonyl (C=O) groups is 1. The molecule has 212 valence electrons. The van der Waals surface area contributed by atoms with Gasteiger partial charge < -0.3 is 23.7 Å². The lowest BCUT2D eigenvalue weighted by Gasteiger charge is -2.25. The maximum atomic E-state index is 13.9. The highest BCUT2D eigenvalue weighted by Gasteiger charge is 2.34. The van der Waals surface area contributed by atoms with Crippen molar-refractivity contribution in [3.63, 3.8) is 0 Å². The summed E-state index contributed by atoms with van der Waals surface area (Å²) in [7, 11) is 4.65. The second-order valence-electron chi connectivity index (χ2n) is 9.12. The third-order valence-corrected chi connectivity index (χ3v) is 7.71. The van der Waals surface area contributed by atoms with E-state index in [0.29, 0.717) is 48.1 Å². The molecule has 0 aliphatic carbocycles. The number of halogens is 1. The maximum absolute atomic E-state index is 13.9. The van der Waals surface area contributed by atoms with E-state index in [4.69, 9.17) is 23.7 Å². The summed E-state index contributed by atoms with van der Waals surface area (Å²) >= 11 is 4.74. The van der Waals surface area contributed by atoms with Gasteiger partial charge in [-0.1, -0.05) is 17.4 Å². The zero-order valence-corrected chi connectivity index (χ0v) is 25.8. The van der Waals surface area contributed by atoms with E-state index >= 15 is 0 Å². The van der Waals surface area contributed by atoms with E-state index in [1.54, 1.807) is 59.5 Å². The van der Waals surface area contributed by atoms with E-state index in [0.717, 1.165) is 5.56 Å². The fourth-order valence-corrected chi connectivity index (χ4v) is 6.15. The van der Waals surface area contributed by atoms with Crippen molar-refractivity contribution in [2.75, 3.05) is 27.9 Å². The van der Waals surface area contributed by atoms with Gasteiger partial charge in [0, 0.05) is 0 Å². The molecule has 0 saturated carbocycles. The van der Waals surface area contributed by atoms with Crippen LogP contribution >= 0.6 is 27.3 Å². The molecule has 1 atom stereocenters. The molecule has 0 amide bonds. The quantitative estimate of drug-likeness (QED) is 0.324. The monoisotopic (exact) mass is 630 g/mol. The number of nitrogens with zero attached hydrogens (tertiary/aromatic N) is 2. The predicted molar refractivity (Wildman–Crippen MR) is 156 cm³/mol. The van der Waals surface area contributed by atoms with Crippen LogP contribution in [0.5, 0.6) is 23.0 Å². The molecule has 1 aromatic heterocycles. The van der Waals surface area contributed by atoms with Gasteiger partial charge in [0.05, 0.1) is 60.4 Å². The number of rotatable bonds is 9. The van der Waals surface area contributed by atoms with Gasteiger partial charge in [-0.25, -0.2) is 9.79 Å². The van der Waals surface area contributed by atoms with Gasteiger partial charge >= 0.3 is 5.97 Å². The van der Waals surface area contributed by atoms with Crippen LogP contribution in [0.1, 0.15) is 44.9 Å². The molecule has 1 aliphatic rings. The van der Waals surface area contributed by atoms with Gasteiger partial charge in [0.15, 0.2) is 27.8 Å². The first kappa shape index (κ1) is 29.4. The Hall–Kier alpha value is -3.57. The molecule has 0 radical (unpaired) electrons. The molecule has 4 rings (SSSR count). The topological polar surface area (TPSA) is 97.6 Å². The van der Waals surface area contributed by atoms with Crippen LogP contribution in [0.15, 0.2) is 55.9 Å². The molecular formula is C29H31BrN2O7S. The van der Waals surface area contributed by atoms with Crippen LogP contribution < -0.4 is 33.8 Å². The van der Waals surface area contributed by atoms with Crippen LogP contribution in [0.25, 0.3) is 6.08 Å². The van der Waals surface area contributed by atoms with Crippen molar-refractivity contribution in [1.82, 2.24) is 4.57 Å². The largest absolute Gasteiger partial charge is 0.493 e. The predicted octanol–water partition coefficient (Wildman–Crippen LogP) is 4.37. The molecule has 2 heterocycles. The Labute approximate surface area is 244 Å². The molecular weight excluding hydrogens is 600 g/mol. The Morgan fingerprint density at radius 1 is 1.10 bits per heavy atom. The Bertz CT molecular complexity index is 1660. The van der Waals surface area contributed by atoms with E-state index in [2.05, 4.69) is 20.9 Å². The van der Waals surface area contributed by atoms with Crippen molar-refractivity contribution < 1.29 is 28.5 Å². The fraction of sp³-hybridized carbons (Fsp3) is 0.345. The number of ether oxygens (including phenoxy) is 5. The smallest absolute Gasteiger partial charge is 0.338 e. The maximum Gasteiger partial charge on any atom is 0.338 e. The van der Waals surface area contributed by atoms with Crippen LogP contribution in [0.4, 0.5) is 0 Å². The standard InChI is InChI=1S/C29H31BrN2O7S/c1-8-38-28(34)24-16(4)31-29-32(25(24)18-9-10-20(39-15(2)3)21(14-18)35-5)27(33)23(40-29)13-17-11-19(30)26(37-7)22(12-17)36-6/h9-15,25H,8H2,1-7H3/b23-13+/t25-/m0/s1. The number of thiazole rings is 1. The number of hydrogen-bond acceptors (Lipinski definition) is 9. The van der Waals surface area contributed by atoms with Gasteiger partial charge in [-0.2, -0.15) is 0 Å². The highest BCUT2D eigenvalue weighted by atomic mass is 79.9. The third kappa shape index (κ3) is 5.66. The van der Waals surface area contributed by atoms with Crippen LogP contribution in [0.2, 0.25) is 0 Å². The number of carbonyl (C=O) groups excluding carboxylic acids is 1. The zero-order valence-electron chi connectivity index (χ0n) is 23.4. The zero-order chi connectivity index (χ0) is 29.1. The summed E-state index contributed by atoms with van der Waals surface area (Å²) in [5.41, 5.74) is 1.85. The van der Waals surface area contributed by atoms with E-state index in [1.807, 2.05) is 26.0 Å². The molecule has 0 spiro atoms. The van der Waals surface area contributed by atoms with Crippen molar-refractivity contribution in [1.29, 1.82) is 0 Å². The number of hydrogen-bond donors (Lipinski definition) is 0. The minimum atomic E-state index is -0.781. The van der Waals surface area contributed by atoms with Crippen molar-refractivity contribution in [2.24, 2.45) is 4.99 Å². The van der Waals surface area contributed by atoms with Gasteiger partial charge in [-0.05, 0) is 85.1 Å². The van der Waals surface area contributed by atoms with Crippen molar-refractivity contribution in [3.8, 4) is 23.0 Å². The SMILES string of the molecule is CCOC(=O)C1=C(C)N=c2s/c(=C/c3cc(Br)c(OC)c(OC)c3)c(=O)n2[C@H]1c1ccc(OC(C)C)c(OC)c1. The average Bonchev–Trinajstić information content (AvgIpc) is 3.21. The van der Waals surface area contributed by atoms with Gasteiger partial charge in [-0.15, -0.1) is 0 Å². The van der Waals surface area contributed by atoms with E-state index < -0.39 is 12.0 Å². The number of aromatic nitrogens is 1. The molecule has 0 fully saturated rings. The molecule has 11 heteroatoms. The van der Waals surface area contributed by atoms with Crippen LogP contribution in [0.3, 0.4) is 0 Å². The van der Waals surface area contributed by atoms with E-state index in [9.17, 15) is 9.59 Å². The van der Waals surface area contributed by atoms with Gasteiger partial charge in [0.1, 0.15) is 0 Å². The highest BCUT2D eigenvalue weighted by molar-refractivity contribution is 9.10. The summed E-state index contributed by atoms with van der Waals surface area (Å²) in [6.45, 7) is 7.52. The molecule has 3 aromatic rings.